The molecule has 0 saturated heterocycles. The second-order valence-corrected chi connectivity index (χ2v) is 2.89. The standard InChI is InChI=1S/C10H16O3S/c1-4-8(11)9(5-2)13-10(14)7-12-6-3/h4-5,11H,6-7H2,1-3H3. The third-order valence-electron chi connectivity index (χ3n) is 1.44. The Morgan fingerprint density at radius 3 is 2.43 bits per heavy atom. The molecule has 0 bridgehead atoms. The average Bonchev–Trinajstić information content (AvgIpc) is 2.21. The number of thiocarbonyl (C=S) groups is 1. The van der Waals surface area contributed by atoms with E-state index in [9.17, 15) is 5.11 Å². The summed E-state index contributed by atoms with van der Waals surface area (Å²) in [4.78, 5) is 0. The average molecular weight is 216 g/mol. The summed E-state index contributed by atoms with van der Waals surface area (Å²) in [6.45, 7) is 6.21. The van der Waals surface area contributed by atoms with Crippen molar-refractivity contribution in [1.82, 2.24) is 0 Å². The highest BCUT2D eigenvalue weighted by atomic mass is 32.1. The van der Waals surface area contributed by atoms with Crippen LogP contribution < -0.4 is 0 Å². The maximum absolute atomic E-state index is 9.36. The van der Waals surface area contributed by atoms with E-state index in [1.165, 1.54) is 0 Å². The van der Waals surface area contributed by atoms with Crippen LogP contribution >= 0.6 is 12.2 Å². The fourth-order valence-corrected chi connectivity index (χ4v) is 0.912. The number of hydrogen-bond donors (Lipinski definition) is 1. The molecule has 80 valence electrons. The summed E-state index contributed by atoms with van der Waals surface area (Å²) in [6.07, 6.45) is 3.19. The van der Waals surface area contributed by atoms with Crippen molar-refractivity contribution in [3.63, 3.8) is 0 Å². The predicted molar refractivity (Wildman–Crippen MR) is 60.3 cm³/mol. The minimum Gasteiger partial charge on any atom is -0.504 e. The van der Waals surface area contributed by atoms with Crippen molar-refractivity contribution >= 4 is 17.3 Å². The number of aliphatic hydroxyl groups excluding tert-OH is 1. The highest BCUT2D eigenvalue weighted by Crippen LogP contribution is 2.09. The summed E-state index contributed by atoms with van der Waals surface area (Å²) in [5, 5.41) is 9.67. The Labute approximate surface area is 90.0 Å². The number of allylic oxidation sites excluding steroid dienone is 2. The fourth-order valence-electron chi connectivity index (χ4n) is 0.739. The molecular weight excluding hydrogens is 200 g/mol. The Morgan fingerprint density at radius 2 is 2.00 bits per heavy atom. The molecule has 1 N–H and O–H groups in total. The Balaban J connectivity index is 4.14. The third kappa shape index (κ3) is 4.99. The van der Waals surface area contributed by atoms with Crippen LogP contribution in [0.5, 0.6) is 0 Å². The Morgan fingerprint density at radius 1 is 1.36 bits per heavy atom. The van der Waals surface area contributed by atoms with Crippen molar-refractivity contribution in [2.24, 2.45) is 0 Å². The molecule has 0 atom stereocenters. The van der Waals surface area contributed by atoms with Crippen molar-refractivity contribution in [2.75, 3.05) is 13.2 Å². The van der Waals surface area contributed by atoms with Gasteiger partial charge in [0.2, 0.25) is 0 Å². The van der Waals surface area contributed by atoms with E-state index in [1.54, 1.807) is 26.0 Å². The first-order valence-electron chi connectivity index (χ1n) is 4.46. The fraction of sp³-hybridized carbons (Fsp3) is 0.500. The van der Waals surface area contributed by atoms with E-state index < -0.39 is 0 Å². The van der Waals surface area contributed by atoms with Crippen LogP contribution in [-0.2, 0) is 9.47 Å². The van der Waals surface area contributed by atoms with Gasteiger partial charge in [0.25, 0.3) is 0 Å². The molecule has 0 fully saturated rings. The Kier molecular flexibility index (Phi) is 7.06. The first-order chi connectivity index (χ1) is 6.65. The summed E-state index contributed by atoms with van der Waals surface area (Å²) in [7, 11) is 0. The minimum absolute atomic E-state index is 0.0753. The molecule has 0 aliphatic heterocycles. The molecule has 0 radical (unpaired) electrons. The normalized spacial score (nSPS) is 12.8. The van der Waals surface area contributed by atoms with Crippen molar-refractivity contribution in [2.45, 2.75) is 20.8 Å². The van der Waals surface area contributed by atoms with Gasteiger partial charge in [0.15, 0.2) is 16.6 Å². The molecule has 0 amide bonds. The van der Waals surface area contributed by atoms with Crippen LogP contribution in [0.4, 0.5) is 0 Å². The maximum atomic E-state index is 9.36. The molecule has 14 heavy (non-hydrogen) atoms. The lowest BCUT2D eigenvalue weighted by atomic mass is 10.3. The third-order valence-corrected chi connectivity index (χ3v) is 1.64. The molecule has 0 aliphatic rings. The number of rotatable bonds is 5. The van der Waals surface area contributed by atoms with Crippen LogP contribution in [0.2, 0.25) is 0 Å². The molecule has 3 nitrogen and oxygen atoms in total. The monoisotopic (exact) mass is 216 g/mol. The summed E-state index contributed by atoms with van der Waals surface area (Å²) < 4.78 is 10.3. The van der Waals surface area contributed by atoms with Crippen molar-refractivity contribution in [3.8, 4) is 0 Å². The van der Waals surface area contributed by atoms with E-state index in [2.05, 4.69) is 0 Å². The van der Waals surface area contributed by atoms with E-state index >= 15 is 0 Å². The first-order valence-corrected chi connectivity index (χ1v) is 4.86. The second-order valence-electron chi connectivity index (χ2n) is 2.44. The Bertz CT molecular complexity index is 244. The maximum Gasteiger partial charge on any atom is 0.193 e. The molecule has 4 heteroatoms. The van der Waals surface area contributed by atoms with Gasteiger partial charge in [-0.15, -0.1) is 0 Å². The molecule has 0 aromatic carbocycles. The van der Waals surface area contributed by atoms with Gasteiger partial charge in [-0.3, -0.25) is 0 Å². The van der Waals surface area contributed by atoms with Gasteiger partial charge in [0.05, 0.1) is 0 Å². The van der Waals surface area contributed by atoms with E-state index in [1.807, 2.05) is 6.92 Å². The van der Waals surface area contributed by atoms with Gasteiger partial charge in [0.1, 0.15) is 6.61 Å². The number of aliphatic hydroxyl groups is 1. The van der Waals surface area contributed by atoms with Crippen molar-refractivity contribution < 1.29 is 14.6 Å². The minimum atomic E-state index is 0.0753. The molecule has 0 rings (SSSR count). The van der Waals surface area contributed by atoms with Gasteiger partial charge in [-0.05, 0) is 45.1 Å². The zero-order valence-corrected chi connectivity index (χ0v) is 9.56. The molecule has 0 heterocycles. The van der Waals surface area contributed by atoms with E-state index in [0.717, 1.165) is 0 Å². The molecule has 0 aromatic heterocycles. The topological polar surface area (TPSA) is 38.7 Å². The van der Waals surface area contributed by atoms with Crippen LogP contribution in [0.15, 0.2) is 23.7 Å². The lowest BCUT2D eigenvalue weighted by molar-refractivity contribution is 0.172. The van der Waals surface area contributed by atoms with Gasteiger partial charge in [-0.25, -0.2) is 0 Å². The van der Waals surface area contributed by atoms with Gasteiger partial charge >= 0.3 is 0 Å². The summed E-state index contributed by atoms with van der Waals surface area (Å²) in [5.41, 5.74) is 0. The van der Waals surface area contributed by atoms with Gasteiger partial charge < -0.3 is 14.6 Å². The smallest absolute Gasteiger partial charge is 0.193 e. The first kappa shape index (κ1) is 13.1. The summed E-state index contributed by atoms with van der Waals surface area (Å²) in [6, 6.07) is 0. The van der Waals surface area contributed by atoms with Crippen LogP contribution in [0.1, 0.15) is 20.8 Å². The SMILES string of the molecule is CC=C(O)C(=CC)OC(=S)COCC. The second kappa shape index (κ2) is 7.53. The molecule has 0 saturated carbocycles. The van der Waals surface area contributed by atoms with Crippen LogP contribution in [0.25, 0.3) is 0 Å². The van der Waals surface area contributed by atoms with Gasteiger partial charge in [0, 0.05) is 6.61 Å². The molecular formula is C10H16O3S. The lowest BCUT2D eigenvalue weighted by Gasteiger charge is -2.09. The predicted octanol–water partition coefficient (Wildman–Crippen LogP) is 2.73. The highest BCUT2D eigenvalue weighted by Gasteiger charge is 2.06. The summed E-state index contributed by atoms with van der Waals surface area (Å²) in [5.74, 6) is 0.434. The van der Waals surface area contributed by atoms with E-state index in [4.69, 9.17) is 21.7 Å². The van der Waals surface area contributed by atoms with Crippen molar-refractivity contribution in [3.05, 3.63) is 23.7 Å². The van der Waals surface area contributed by atoms with E-state index in [0.29, 0.717) is 17.4 Å². The summed E-state index contributed by atoms with van der Waals surface area (Å²) >= 11 is 4.90. The Hall–Kier alpha value is -0.870. The van der Waals surface area contributed by atoms with Crippen molar-refractivity contribution in [1.29, 1.82) is 0 Å². The molecule has 0 spiro atoms. The molecule has 0 aliphatic carbocycles. The van der Waals surface area contributed by atoms with Gasteiger partial charge in [-0.2, -0.15) is 0 Å². The largest absolute Gasteiger partial charge is 0.504 e. The number of ether oxygens (including phenoxy) is 2. The van der Waals surface area contributed by atoms with Crippen LogP contribution in [0.3, 0.4) is 0 Å². The van der Waals surface area contributed by atoms with Crippen LogP contribution in [-0.4, -0.2) is 23.4 Å². The van der Waals surface area contributed by atoms with E-state index in [-0.39, 0.29) is 12.4 Å². The molecule has 0 unspecified atom stereocenters. The lowest BCUT2D eigenvalue weighted by Crippen LogP contribution is -2.11. The zero-order valence-electron chi connectivity index (χ0n) is 8.74. The number of hydrogen-bond acceptors (Lipinski definition) is 4. The quantitative estimate of drug-likeness (QED) is 0.435. The zero-order chi connectivity index (χ0) is 11.0. The highest BCUT2D eigenvalue weighted by molar-refractivity contribution is 7.80. The molecule has 0 aromatic rings. The van der Waals surface area contributed by atoms with Crippen LogP contribution in [0, 0.1) is 0 Å². The van der Waals surface area contributed by atoms with Gasteiger partial charge in [-0.1, -0.05) is 0 Å².